The fourth-order valence-electron chi connectivity index (χ4n) is 3.40. The van der Waals surface area contributed by atoms with Crippen molar-refractivity contribution in [2.24, 2.45) is 17.8 Å². The van der Waals surface area contributed by atoms with Crippen LogP contribution in [-0.2, 0) is 11.3 Å². The summed E-state index contributed by atoms with van der Waals surface area (Å²) in [5.41, 5.74) is 1.11. The quantitative estimate of drug-likeness (QED) is 0.896. The lowest BCUT2D eigenvalue weighted by molar-refractivity contribution is -0.144. The number of hydrogen-bond acceptors (Lipinski definition) is 2. The molecular weight excluding hydrogens is 252 g/mol. The third-order valence-corrected chi connectivity index (χ3v) is 4.68. The Bertz CT molecular complexity index is 453. The second kappa shape index (κ2) is 6.42. The maximum absolute atomic E-state index is 11.5. The Hall–Kier alpha value is -1.32. The van der Waals surface area contributed by atoms with Gasteiger partial charge in [0.15, 0.2) is 0 Å². The van der Waals surface area contributed by atoms with E-state index < -0.39 is 5.97 Å². The summed E-state index contributed by atoms with van der Waals surface area (Å²) in [6.45, 7) is 7.50. The zero-order valence-electron chi connectivity index (χ0n) is 12.7. The van der Waals surface area contributed by atoms with Gasteiger partial charge in [-0.15, -0.1) is 0 Å². The van der Waals surface area contributed by atoms with Gasteiger partial charge in [-0.2, -0.15) is 5.10 Å². The van der Waals surface area contributed by atoms with Crippen molar-refractivity contribution < 1.29 is 9.90 Å². The Balaban J connectivity index is 2.19. The first-order chi connectivity index (χ1) is 9.52. The minimum absolute atomic E-state index is 0.124. The van der Waals surface area contributed by atoms with E-state index in [1.54, 1.807) is 0 Å². The fraction of sp³-hybridized carbons (Fsp3) is 0.750. The minimum atomic E-state index is -0.652. The summed E-state index contributed by atoms with van der Waals surface area (Å²) >= 11 is 0. The van der Waals surface area contributed by atoms with E-state index in [1.807, 2.05) is 17.1 Å². The van der Waals surface area contributed by atoms with Gasteiger partial charge in [0.1, 0.15) is 0 Å². The second-order valence-electron chi connectivity index (χ2n) is 6.41. The molecule has 3 atom stereocenters. The number of carboxylic acid groups (broad SMARTS) is 1. The number of nitrogens with zero attached hydrogens (tertiary/aromatic N) is 2. The van der Waals surface area contributed by atoms with Crippen molar-refractivity contribution in [1.29, 1.82) is 0 Å². The summed E-state index contributed by atoms with van der Waals surface area (Å²) in [6, 6.07) is 0. The van der Waals surface area contributed by atoms with Crippen molar-refractivity contribution in [3.8, 4) is 0 Å². The first-order valence-corrected chi connectivity index (χ1v) is 7.78. The number of hydrogen-bond donors (Lipinski definition) is 1. The van der Waals surface area contributed by atoms with Gasteiger partial charge in [-0.3, -0.25) is 9.48 Å². The Morgan fingerprint density at radius 3 is 2.85 bits per heavy atom. The molecule has 0 amide bonds. The van der Waals surface area contributed by atoms with Gasteiger partial charge in [0.05, 0.1) is 12.1 Å². The highest BCUT2D eigenvalue weighted by molar-refractivity contribution is 5.71. The first-order valence-electron chi connectivity index (χ1n) is 7.78. The molecule has 1 aliphatic rings. The van der Waals surface area contributed by atoms with E-state index in [0.29, 0.717) is 11.8 Å². The van der Waals surface area contributed by atoms with E-state index >= 15 is 0 Å². The van der Waals surface area contributed by atoms with E-state index in [2.05, 4.69) is 25.9 Å². The monoisotopic (exact) mass is 278 g/mol. The average Bonchev–Trinajstić information content (AvgIpc) is 2.86. The zero-order chi connectivity index (χ0) is 14.7. The summed E-state index contributed by atoms with van der Waals surface area (Å²) in [5, 5.41) is 13.8. The number of carbonyl (C=O) groups is 1. The number of aromatic nitrogens is 2. The molecule has 1 heterocycles. The number of aryl methyl sites for hydroxylation is 1. The molecule has 4 heteroatoms. The molecule has 3 unspecified atom stereocenters. The third-order valence-electron chi connectivity index (χ3n) is 4.68. The molecule has 0 spiro atoms. The van der Waals surface area contributed by atoms with Crippen molar-refractivity contribution in [1.82, 2.24) is 9.78 Å². The van der Waals surface area contributed by atoms with Crippen LogP contribution in [0.2, 0.25) is 0 Å². The average molecular weight is 278 g/mol. The van der Waals surface area contributed by atoms with Gasteiger partial charge in [0.25, 0.3) is 0 Å². The molecule has 1 aromatic heterocycles. The zero-order valence-corrected chi connectivity index (χ0v) is 12.7. The molecule has 1 aromatic rings. The summed E-state index contributed by atoms with van der Waals surface area (Å²) in [5.74, 6) is 0.479. The van der Waals surface area contributed by atoms with Gasteiger partial charge in [0, 0.05) is 18.7 Å². The molecule has 0 aliphatic heterocycles. The van der Waals surface area contributed by atoms with Crippen LogP contribution < -0.4 is 0 Å². The van der Waals surface area contributed by atoms with Crippen molar-refractivity contribution in [3.63, 3.8) is 0 Å². The van der Waals surface area contributed by atoms with Gasteiger partial charge in [-0.25, -0.2) is 0 Å². The second-order valence-corrected chi connectivity index (χ2v) is 6.41. The van der Waals surface area contributed by atoms with Crippen LogP contribution in [0.15, 0.2) is 12.4 Å². The van der Waals surface area contributed by atoms with Crippen molar-refractivity contribution in [2.45, 2.75) is 58.9 Å². The minimum Gasteiger partial charge on any atom is -0.481 e. The molecule has 1 fully saturated rings. The van der Waals surface area contributed by atoms with Crippen LogP contribution in [0, 0.1) is 17.8 Å². The molecule has 1 aliphatic carbocycles. The Labute approximate surface area is 121 Å². The number of carboxylic acids is 1. The van der Waals surface area contributed by atoms with Crippen molar-refractivity contribution in [3.05, 3.63) is 18.0 Å². The topological polar surface area (TPSA) is 55.1 Å². The Morgan fingerprint density at radius 1 is 1.50 bits per heavy atom. The lowest BCUT2D eigenvalue weighted by Crippen LogP contribution is -2.30. The maximum atomic E-state index is 11.5. The lowest BCUT2D eigenvalue weighted by atomic mass is 9.69. The SMILES string of the molecule is CCCn1cc(C2CC(C(C)C)CCC2C(=O)O)cn1. The third kappa shape index (κ3) is 3.22. The first kappa shape index (κ1) is 15.1. The van der Waals surface area contributed by atoms with Gasteiger partial charge in [-0.05, 0) is 43.1 Å². The highest BCUT2D eigenvalue weighted by atomic mass is 16.4. The van der Waals surface area contributed by atoms with E-state index in [1.165, 1.54) is 0 Å². The summed E-state index contributed by atoms with van der Waals surface area (Å²) in [7, 11) is 0. The molecule has 4 nitrogen and oxygen atoms in total. The van der Waals surface area contributed by atoms with E-state index in [0.717, 1.165) is 37.8 Å². The molecule has 2 rings (SSSR count). The van der Waals surface area contributed by atoms with Crippen LogP contribution in [0.1, 0.15) is 57.9 Å². The fourth-order valence-corrected chi connectivity index (χ4v) is 3.40. The van der Waals surface area contributed by atoms with Crippen LogP contribution >= 0.6 is 0 Å². The van der Waals surface area contributed by atoms with Crippen LogP contribution in [-0.4, -0.2) is 20.9 Å². The molecule has 0 aromatic carbocycles. The summed E-state index contributed by atoms with van der Waals surface area (Å²) < 4.78 is 1.94. The van der Waals surface area contributed by atoms with Gasteiger partial charge in [0.2, 0.25) is 0 Å². The van der Waals surface area contributed by atoms with Gasteiger partial charge >= 0.3 is 5.97 Å². The van der Waals surface area contributed by atoms with E-state index in [9.17, 15) is 9.90 Å². The Kier molecular flexibility index (Phi) is 4.84. The van der Waals surface area contributed by atoms with Gasteiger partial charge < -0.3 is 5.11 Å². The van der Waals surface area contributed by atoms with E-state index in [4.69, 9.17) is 0 Å². The van der Waals surface area contributed by atoms with Crippen LogP contribution in [0.4, 0.5) is 0 Å². The number of rotatable bonds is 5. The smallest absolute Gasteiger partial charge is 0.307 e. The number of aliphatic carboxylic acids is 1. The predicted molar refractivity (Wildman–Crippen MR) is 78.6 cm³/mol. The summed E-state index contributed by atoms with van der Waals surface area (Å²) in [6.07, 6.45) is 7.77. The molecular formula is C16H26N2O2. The van der Waals surface area contributed by atoms with Crippen LogP contribution in [0.3, 0.4) is 0 Å². The van der Waals surface area contributed by atoms with Gasteiger partial charge in [-0.1, -0.05) is 20.8 Å². The highest BCUT2D eigenvalue weighted by Crippen LogP contribution is 2.43. The Morgan fingerprint density at radius 2 is 2.25 bits per heavy atom. The van der Waals surface area contributed by atoms with Crippen LogP contribution in [0.25, 0.3) is 0 Å². The van der Waals surface area contributed by atoms with Crippen LogP contribution in [0.5, 0.6) is 0 Å². The van der Waals surface area contributed by atoms with E-state index in [-0.39, 0.29) is 11.8 Å². The van der Waals surface area contributed by atoms with Crippen molar-refractivity contribution in [2.75, 3.05) is 0 Å². The normalized spacial score (nSPS) is 26.9. The molecule has 0 radical (unpaired) electrons. The van der Waals surface area contributed by atoms with Crippen molar-refractivity contribution >= 4 is 5.97 Å². The summed E-state index contributed by atoms with van der Waals surface area (Å²) in [4.78, 5) is 11.5. The molecule has 0 bridgehead atoms. The maximum Gasteiger partial charge on any atom is 0.307 e. The largest absolute Gasteiger partial charge is 0.481 e. The molecule has 1 saturated carbocycles. The highest BCUT2D eigenvalue weighted by Gasteiger charge is 2.37. The standard InChI is InChI=1S/C16H26N2O2/c1-4-7-18-10-13(9-17-18)15-8-12(11(2)3)5-6-14(15)16(19)20/h9-12,14-15H,4-8H2,1-3H3,(H,19,20). The molecule has 1 N–H and O–H groups in total. The predicted octanol–water partition coefficient (Wildman–Crippen LogP) is 3.53. The molecule has 20 heavy (non-hydrogen) atoms. The molecule has 112 valence electrons. The molecule has 0 saturated heterocycles. The lowest BCUT2D eigenvalue weighted by Gasteiger charge is -2.35.